The Balaban J connectivity index is 1.51. The maximum absolute atomic E-state index is 13.5. The SMILES string of the molecule is COc1ccc(S(=O)(=O)N(CCc2ccccc2)CC(=O)N/N=C/c2cc(C)n(-c3cccc(Cl)c3Cl)c2C)cc1. The van der Waals surface area contributed by atoms with Crippen molar-refractivity contribution < 1.29 is 17.9 Å². The predicted molar refractivity (Wildman–Crippen MR) is 163 cm³/mol. The molecule has 0 spiro atoms. The molecule has 1 amide bonds. The topological polar surface area (TPSA) is 93.0 Å². The molecule has 214 valence electrons. The van der Waals surface area contributed by atoms with Crippen molar-refractivity contribution in [3.8, 4) is 11.4 Å². The van der Waals surface area contributed by atoms with Crippen molar-refractivity contribution in [3.05, 3.63) is 111 Å². The van der Waals surface area contributed by atoms with Crippen LogP contribution in [0.2, 0.25) is 10.0 Å². The Bertz CT molecular complexity index is 1650. The number of methoxy groups -OCH3 is 1. The minimum absolute atomic E-state index is 0.0646. The van der Waals surface area contributed by atoms with Gasteiger partial charge in [-0.15, -0.1) is 0 Å². The fourth-order valence-electron chi connectivity index (χ4n) is 4.40. The molecule has 8 nitrogen and oxygen atoms in total. The number of ether oxygens (including phenoxy) is 1. The Morgan fingerprint density at radius 2 is 1.73 bits per heavy atom. The van der Waals surface area contributed by atoms with E-state index in [1.807, 2.05) is 66.9 Å². The maximum atomic E-state index is 13.5. The lowest BCUT2D eigenvalue weighted by Crippen LogP contribution is -2.40. The van der Waals surface area contributed by atoms with Gasteiger partial charge in [0, 0.05) is 23.5 Å². The molecular weight excluding hydrogens is 583 g/mol. The van der Waals surface area contributed by atoms with Crippen molar-refractivity contribution in [1.82, 2.24) is 14.3 Å². The van der Waals surface area contributed by atoms with Gasteiger partial charge in [-0.1, -0.05) is 59.6 Å². The minimum atomic E-state index is -3.98. The minimum Gasteiger partial charge on any atom is -0.497 e. The molecule has 0 radical (unpaired) electrons. The van der Waals surface area contributed by atoms with Crippen LogP contribution in [0.15, 0.2) is 88.9 Å². The zero-order chi connectivity index (χ0) is 29.6. The van der Waals surface area contributed by atoms with Crippen molar-refractivity contribution in [2.75, 3.05) is 20.2 Å². The molecule has 1 aromatic heterocycles. The van der Waals surface area contributed by atoms with Gasteiger partial charge in [-0.3, -0.25) is 4.79 Å². The second-order valence-corrected chi connectivity index (χ2v) is 12.0. The summed E-state index contributed by atoms with van der Waals surface area (Å²) in [5.41, 5.74) is 6.65. The first-order chi connectivity index (χ1) is 19.6. The van der Waals surface area contributed by atoms with E-state index in [1.165, 1.54) is 25.5 Å². The van der Waals surface area contributed by atoms with Crippen LogP contribution in [0, 0.1) is 13.8 Å². The fraction of sp³-hybridized carbons (Fsp3) is 0.200. The predicted octanol–water partition coefficient (Wildman–Crippen LogP) is 5.79. The van der Waals surface area contributed by atoms with E-state index in [1.54, 1.807) is 18.2 Å². The Kier molecular flexibility index (Phi) is 9.88. The number of hydrogen-bond donors (Lipinski definition) is 1. The maximum Gasteiger partial charge on any atom is 0.255 e. The first kappa shape index (κ1) is 30.3. The Labute approximate surface area is 250 Å². The van der Waals surface area contributed by atoms with E-state index in [-0.39, 0.29) is 11.4 Å². The molecule has 4 rings (SSSR count). The van der Waals surface area contributed by atoms with Gasteiger partial charge >= 0.3 is 0 Å². The average Bonchev–Trinajstić information content (AvgIpc) is 3.25. The normalized spacial score (nSPS) is 11.8. The van der Waals surface area contributed by atoms with Crippen molar-refractivity contribution in [1.29, 1.82) is 0 Å². The lowest BCUT2D eigenvalue weighted by Gasteiger charge is -2.21. The fourth-order valence-corrected chi connectivity index (χ4v) is 6.18. The van der Waals surface area contributed by atoms with E-state index in [0.717, 1.165) is 32.5 Å². The van der Waals surface area contributed by atoms with E-state index < -0.39 is 22.5 Å². The number of nitrogens with zero attached hydrogens (tertiary/aromatic N) is 3. The van der Waals surface area contributed by atoms with Crippen LogP contribution in [0.4, 0.5) is 0 Å². The summed E-state index contributed by atoms with van der Waals surface area (Å²) < 4.78 is 35.2. The number of benzene rings is 3. The van der Waals surface area contributed by atoms with Gasteiger partial charge in [-0.05, 0) is 68.3 Å². The summed E-state index contributed by atoms with van der Waals surface area (Å²) in [7, 11) is -2.47. The number of aromatic nitrogens is 1. The zero-order valence-electron chi connectivity index (χ0n) is 22.8. The largest absolute Gasteiger partial charge is 0.497 e. The number of nitrogens with one attached hydrogen (secondary N) is 1. The highest BCUT2D eigenvalue weighted by Crippen LogP contribution is 2.31. The van der Waals surface area contributed by atoms with Crippen LogP contribution in [0.25, 0.3) is 5.69 Å². The summed E-state index contributed by atoms with van der Waals surface area (Å²) in [4.78, 5) is 13.0. The quantitative estimate of drug-likeness (QED) is 0.171. The van der Waals surface area contributed by atoms with E-state index >= 15 is 0 Å². The number of sulfonamides is 1. The molecule has 1 N–H and O–H groups in total. The van der Waals surface area contributed by atoms with E-state index in [9.17, 15) is 13.2 Å². The van der Waals surface area contributed by atoms with E-state index in [2.05, 4.69) is 10.5 Å². The monoisotopic (exact) mass is 612 g/mol. The van der Waals surface area contributed by atoms with Gasteiger partial charge in [0.2, 0.25) is 10.0 Å². The first-order valence-corrected chi connectivity index (χ1v) is 14.9. The van der Waals surface area contributed by atoms with Crippen LogP contribution in [0.3, 0.4) is 0 Å². The number of amides is 1. The highest BCUT2D eigenvalue weighted by atomic mass is 35.5. The molecule has 0 atom stereocenters. The summed E-state index contributed by atoms with van der Waals surface area (Å²) in [5, 5.41) is 4.98. The summed E-state index contributed by atoms with van der Waals surface area (Å²) in [5.74, 6) is -0.0399. The van der Waals surface area contributed by atoms with Gasteiger partial charge < -0.3 is 9.30 Å². The van der Waals surface area contributed by atoms with Crippen LogP contribution in [-0.2, 0) is 21.2 Å². The molecule has 4 aromatic rings. The van der Waals surface area contributed by atoms with Gasteiger partial charge in [0.05, 0.1) is 40.5 Å². The number of halogens is 2. The standard InChI is InChI=1S/C30H30Cl2N4O4S/c1-21-18-24(22(2)36(21)28-11-7-10-27(31)30(28)32)19-33-34-29(37)20-35(17-16-23-8-5-4-6-9-23)41(38,39)26-14-12-25(40-3)13-15-26/h4-15,18-19H,16-17,20H2,1-3H3,(H,34,37)/b33-19+. The highest BCUT2D eigenvalue weighted by Gasteiger charge is 2.26. The van der Waals surface area contributed by atoms with Gasteiger partial charge in [0.25, 0.3) is 5.91 Å². The lowest BCUT2D eigenvalue weighted by atomic mass is 10.1. The second kappa shape index (κ2) is 13.4. The van der Waals surface area contributed by atoms with Crippen LogP contribution >= 0.6 is 23.2 Å². The van der Waals surface area contributed by atoms with Crippen LogP contribution < -0.4 is 10.2 Å². The molecule has 3 aromatic carbocycles. The smallest absolute Gasteiger partial charge is 0.255 e. The summed E-state index contributed by atoms with van der Waals surface area (Å²) >= 11 is 12.6. The number of carbonyl (C=O) groups excluding carboxylic acids is 1. The van der Waals surface area contributed by atoms with Crippen LogP contribution in [0.1, 0.15) is 22.5 Å². The Morgan fingerprint density at radius 3 is 2.41 bits per heavy atom. The molecule has 41 heavy (non-hydrogen) atoms. The van der Waals surface area contributed by atoms with Gasteiger partial charge in [-0.25, -0.2) is 13.8 Å². The number of carbonyl (C=O) groups is 1. The molecule has 0 aliphatic carbocycles. The third-order valence-corrected chi connectivity index (χ3v) is 9.21. The molecular formula is C30H30Cl2N4O4S. The zero-order valence-corrected chi connectivity index (χ0v) is 25.2. The lowest BCUT2D eigenvalue weighted by molar-refractivity contribution is -0.121. The molecule has 0 aliphatic heterocycles. The van der Waals surface area contributed by atoms with Crippen molar-refractivity contribution in [2.24, 2.45) is 5.10 Å². The van der Waals surface area contributed by atoms with Gasteiger partial charge in [-0.2, -0.15) is 9.41 Å². The van der Waals surface area contributed by atoms with Crippen molar-refractivity contribution in [3.63, 3.8) is 0 Å². The second-order valence-electron chi connectivity index (χ2n) is 9.28. The molecule has 0 aliphatic rings. The molecule has 0 saturated heterocycles. The third kappa shape index (κ3) is 7.18. The number of hydrogen-bond acceptors (Lipinski definition) is 5. The van der Waals surface area contributed by atoms with Crippen LogP contribution in [-0.4, -0.2) is 49.6 Å². The number of aryl methyl sites for hydroxylation is 1. The number of rotatable bonds is 11. The Hall–Kier alpha value is -3.63. The number of hydrazone groups is 1. The highest BCUT2D eigenvalue weighted by molar-refractivity contribution is 7.89. The average molecular weight is 614 g/mol. The summed E-state index contributed by atoms with van der Waals surface area (Å²) in [6.45, 7) is 3.53. The summed E-state index contributed by atoms with van der Waals surface area (Å²) in [6, 6.07) is 22.9. The molecule has 1 heterocycles. The van der Waals surface area contributed by atoms with Crippen LogP contribution in [0.5, 0.6) is 5.75 Å². The molecule has 0 saturated carbocycles. The van der Waals surface area contributed by atoms with Crippen molar-refractivity contribution in [2.45, 2.75) is 25.2 Å². The van der Waals surface area contributed by atoms with E-state index in [4.69, 9.17) is 27.9 Å². The molecule has 0 bridgehead atoms. The Morgan fingerprint density at radius 1 is 1.02 bits per heavy atom. The summed E-state index contributed by atoms with van der Waals surface area (Å²) in [6.07, 6.45) is 1.95. The van der Waals surface area contributed by atoms with E-state index in [0.29, 0.717) is 22.2 Å². The van der Waals surface area contributed by atoms with Gasteiger partial charge in [0.1, 0.15) is 5.75 Å². The first-order valence-electron chi connectivity index (χ1n) is 12.7. The molecule has 11 heteroatoms. The molecule has 0 fully saturated rings. The van der Waals surface area contributed by atoms with Crippen molar-refractivity contribution >= 4 is 45.3 Å². The third-order valence-electron chi connectivity index (χ3n) is 6.55. The van der Waals surface area contributed by atoms with Gasteiger partial charge in [0.15, 0.2) is 0 Å². The molecule has 0 unspecified atom stereocenters.